The summed E-state index contributed by atoms with van der Waals surface area (Å²) in [5.41, 5.74) is 2.61. The summed E-state index contributed by atoms with van der Waals surface area (Å²) < 4.78 is 25.5. The van der Waals surface area contributed by atoms with Crippen LogP contribution >= 0.6 is 0 Å². The molecule has 1 atom stereocenters. The van der Waals surface area contributed by atoms with Crippen LogP contribution in [0.25, 0.3) is 0 Å². The molecular formula is C20H29N5O5S. The number of carbonyl (C=O) groups excluding carboxylic acids is 3. The number of hydrogen-bond acceptors (Lipinski definition) is 7. The number of rotatable bonds is 6. The Morgan fingerprint density at radius 1 is 1.03 bits per heavy atom. The highest BCUT2D eigenvalue weighted by molar-refractivity contribution is 7.91. The van der Waals surface area contributed by atoms with Gasteiger partial charge in [-0.25, -0.2) is 18.1 Å². The van der Waals surface area contributed by atoms with Crippen LogP contribution in [-0.4, -0.2) is 82.0 Å². The van der Waals surface area contributed by atoms with Gasteiger partial charge in [-0.1, -0.05) is 12.8 Å². The molecule has 2 saturated heterocycles. The number of nitrogens with zero attached hydrogens (tertiary/aromatic N) is 5. The highest BCUT2D eigenvalue weighted by Crippen LogP contribution is 2.29. The SMILES string of the molecule is Cc1nn([C@@H]2CCS(=O)(=O)C2)c(C)c1CN(C)CN1C(=O)C(=O)N(C2CCCC2)C1=O. The van der Waals surface area contributed by atoms with Crippen LogP contribution in [0, 0.1) is 13.8 Å². The quantitative estimate of drug-likeness (QED) is 0.468. The van der Waals surface area contributed by atoms with Crippen LogP contribution in [0.4, 0.5) is 4.79 Å². The molecular weight excluding hydrogens is 422 g/mol. The van der Waals surface area contributed by atoms with E-state index >= 15 is 0 Å². The Hall–Kier alpha value is -2.27. The minimum Gasteiger partial charge on any atom is -0.284 e. The van der Waals surface area contributed by atoms with E-state index in [4.69, 9.17) is 0 Å². The fourth-order valence-electron chi connectivity index (χ4n) is 4.94. The average Bonchev–Trinajstić information content (AvgIpc) is 3.44. The maximum absolute atomic E-state index is 12.8. The summed E-state index contributed by atoms with van der Waals surface area (Å²) in [5, 5.41) is 4.56. The van der Waals surface area contributed by atoms with Crippen LogP contribution in [0.15, 0.2) is 0 Å². The van der Waals surface area contributed by atoms with E-state index in [1.54, 1.807) is 16.6 Å². The predicted molar refractivity (Wildman–Crippen MR) is 112 cm³/mol. The lowest BCUT2D eigenvalue weighted by Crippen LogP contribution is -2.42. The first-order chi connectivity index (χ1) is 14.6. The first-order valence-electron chi connectivity index (χ1n) is 10.7. The van der Waals surface area contributed by atoms with Gasteiger partial charge in [0.05, 0.1) is 29.9 Å². The summed E-state index contributed by atoms with van der Waals surface area (Å²) in [7, 11) is -1.24. The number of carbonyl (C=O) groups is 3. The highest BCUT2D eigenvalue weighted by atomic mass is 32.2. The van der Waals surface area contributed by atoms with Crippen LogP contribution in [0.2, 0.25) is 0 Å². The number of sulfone groups is 1. The van der Waals surface area contributed by atoms with Gasteiger partial charge < -0.3 is 0 Å². The van der Waals surface area contributed by atoms with E-state index < -0.39 is 27.7 Å². The molecule has 1 aliphatic carbocycles. The number of aryl methyl sites for hydroxylation is 1. The molecule has 2 aliphatic heterocycles. The number of imide groups is 2. The Kier molecular flexibility index (Phi) is 5.67. The topological polar surface area (TPSA) is 113 Å². The van der Waals surface area contributed by atoms with Gasteiger partial charge in [0.25, 0.3) is 0 Å². The third-order valence-corrected chi connectivity index (χ3v) is 8.36. The molecule has 0 bridgehead atoms. The normalized spacial score (nSPS) is 24.4. The summed E-state index contributed by atoms with van der Waals surface area (Å²) in [4.78, 5) is 41.6. The lowest BCUT2D eigenvalue weighted by molar-refractivity contribution is -0.144. The zero-order valence-electron chi connectivity index (χ0n) is 18.2. The van der Waals surface area contributed by atoms with Crippen LogP contribution in [-0.2, 0) is 26.0 Å². The zero-order chi connectivity index (χ0) is 22.5. The maximum Gasteiger partial charge on any atom is 0.335 e. The van der Waals surface area contributed by atoms with E-state index in [0.29, 0.717) is 13.0 Å². The van der Waals surface area contributed by atoms with Crippen LogP contribution in [0.5, 0.6) is 0 Å². The van der Waals surface area contributed by atoms with Gasteiger partial charge in [0, 0.05) is 23.8 Å². The maximum atomic E-state index is 12.8. The average molecular weight is 452 g/mol. The Bertz CT molecular complexity index is 1030. The molecule has 0 radical (unpaired) electrons. The first kappa shape index (κ1) is 21.9. The van der Waals surface area contributed by atoms with E-state index in [2.05, 4.69) is 5.10 Å². The Labute approximate surface area is 182 Å². The van der Waals surface area contributed by atoms with Crippen molar-refractivity contribution in [3.05, 3.63) is 17.0 Å². The number of amides is 4. The molecule has 170 valence electrons. The second kappa shape index (κ2) is 8.01. The molecule has 4 amide bonds. The second-order valence-corrected chi connectivity index (χ2v) is 11.2. The highest BCUT2D eigenvalue weighted by Gasteiger charge is 2.48. The van der Waals surface area contributed by atoms with Crippen LogP contribution < -0.4 is 0 Å². The van der Waals surface area contributed by atoms with Gasteiger partial charge in [-0.3, -0.25) is 24.1 Å². The third kappa shape index (κ3) is 4.00. The minimum atomic E-state index is -3.02. The summed E-state index contributed by atoms with van der Waals surface area (Å²) in [6, 6.07) is -0.874. The summed E-state index contributed by atoms with van der Waals surface area (Å²) in [5.74, 6) is -1.23. The molecule has 1 aromatic heterocycles. The van der Waals surface area contributed by atoms with Crippen molar-refractivity contribution < 1.29 is 22.8 Å². The molecule has 1 aromatic rings. The molecule has 3 aliphatic rings. The van der Waals surface area contributed by atoms with Crippen molar-refractivity contribution >= 4 is 27.7 Å². The van der Waals surface area contributed by atoms with Gasteiger partial charge in [0.1, 0.15) is 0 Å². The van der Waals surface area contributed by atoms with Gasteiger partial charge in [0.15, 0.2) is 9.84 Å². The van der Waals surface area contributed by atoms with Gasteiger partial charge in [0.2, 0.25) is 0 Å². The van der Waals surface area contributed by atoms with E-state index in [1.807, 2.05) is 13.8 Å². The Balaban J connectivity index is 1.45. The first-order valence-corrected chi connectivity index (χ1v) is 12.5. The van der Waals surface area contributed by atoms with Gasteiger partial charge in [-0.15, -0.1) is 0 Å². The fraction of sp³-hybridized carbons (Fsp3) is 0.700. The summed E-state index contributed by atoms with van der Waals surface area (Å²) in [6.07, 6.45) is 3.97. The lowest BCUT2D eigenvalue weighted by atomic mass is 10.2. The Morgan fingerprint density at radius 2 is 1.71 bits per heavy atom. The standard InChI is InChI=1S/C20H29N5O5S/c1-13-17(14(2)25(21-13)16-8-9-31(29,30)11-16)10-22(3)12-23-18(26)19(27)24(20(23)28)15-6-4-5-7-15/h15-16H,4-12H2,1-3H3/t16-/m1/s1. The van der Waals surface area contributed by atoms with Gasteiger partial charge in [-0.2, -0.15) is 5.10 Å². The molecule has 0 aromatic carbocycles. The number of urea groups is 1. The van der Waals surface area contributed by atoms with Crippen molar-refractivity contribution in [1.29, 1.82) is 0 Å². The largest absolute Gasteiger partial charge is 0.335 e. The molecule has 11 heteroatoms. The smallest absolute Gasteiger partial charge is 0.284 e. The molecule has 10 nitrogen and oxygen atoms in total. The predicted octanol–water partition coefficient (Wildman–Crippen LogP) is 0.982. The molecule has 4 rings (SSSR count). The van der Waals surface area contributed by atoms with E-state index in [0.717, 1.165) is 52.4 Å². The third-order valence-electron chi connectivity index (χ3n) is 6.61. The Morgan fingerprint density at radius 3 is 2.32 bits per heavy atom. The van der Waals surface area contributed by atoms with Crippen molar-refractivity contribution in [3.8, 4) is 0 Å². The van der Waals surface area contributed by atoms with Crippen molar-refractivity contribution in [1.82, 2.24) is 24.5 Å². The van der Waals surface area contributed by atoms with Crippen molar-refractivity contribution in [2.75, 3.05) is 25.2 Å². The molecule has 3 heterocycles. The number of aromatic nitrogens is 2. The molecule has 3 fully saturated rings. The second-order valence-electron chi connectivity index (χ2n) is 8.94. The lowest BCUT2D eigenvalue weighted by Gasteiger charge is -2.24. The van der Waals surface area contributed by atoms with Gasteiger partial charge in [-0.05, 0) is 40.2 Å². The van der Waals surface area contributed by atoms with Crippen LogP contribution in [0.1, 0.15) is 55.1 Å². The number of hydrogen-bond donors (Lipinski definition) is 0. The van der Waals surface area contributed by atoms with Gasteiger partial charge >= 0.3 is 17.8 Å². The molecule has 1 saturated carbocycles. The van der Waals surface area contributed by atoms with Crippen molar-refractivity contribution in [2.45, 2.75) is 64.6 Å². The summed E-state index contributed by atoms with van der Waals surface area (Å²) in [6.45, 7) is 4.21. The van der Waals surface area contributed by atoms with E-state index in [1.165, 1.54) is 0 Å². The molecule has 0 N–H and O–H groups in total. The zero-order valence-corrected chi connectivity index (χ0v) is 19.0. The minimum absolute atomic E-state index is 0.00843. The molecule has 31 heavy (non-hydrogen) atoms. The van der Waals surface area contributed by atoms with E-state index in [9.17, 15) is 22.8 Å². The van der Waals surface area contributed by atoms with E-state index in [-0.39, 0.29) is 30.3 Å². The fourth-order valence-corrected chi connectivity index (χ4v) is 6.63. The summed E-state index contributed by atoms with van der Waals surface area (Å²) >= 11 is 0. The van der Waals surface area contributed by atoms with Crippen molar-refractivity contribution in [2.24, 2.45) is 0 Å². The van der Waals surface area contributed by atoms with Crippen molar-refractivity contribution in [3.63, 3.8) is 0 Å². The molecule has 0 unspecified atom stereocenters. The van der Waals surface area contributed by atoms with Crippen LogP contribution in [0.3, 0.4) is 0 Å². The monoisotopic (exact) mass is 451 g/mol. The molecule has 0 spiro atoms.